The van der Waals surface area contributed by atoms with E-state index in [0.717, 1.165) is 6.54 Å². The van der Waals surface area contributed by atoms with Crippen LogP contribution in [-0.4, -0.2) is 41.2 Å². The molecule has 0 aromatic heterocycles. The summed E-state index contributed by atoms with van der Waals surface area (Å²) in [5.74, 6) is 0.608. The van der Waals surface area contributed by atoms with Gasteiger partial charge in [0.1, 0.15) is 4.90 Å². The maximum atomic E-state index is 11.0. The Bertz CT molecular complexity index is 524. The zero-order chi connectivity index (χ0) is 15.2. The Balaban J connectivity index is 0.000000246. The summed E-state index contributed by atoms with van der Waals surface area (Å²) in [5.41, 5.74) is 0. The van der Waals surface area contributed by atoms with Gasteiger partial charge in [-0.25, -0.2) is 13.6 Å². The van der Waals surface area contributed by atoms with Gasteiger partial charge < -0.3 is 9.47 Å². The van der Waals surface area contributed by atoms with Gasteiger partial charge in [-0.1, -0.05) is 11.3 Å². The molecule has 0 aliphatic carbocycles. The number of fused-ring (bicyclic) bond motifs is 1. The van der Waals surface area contributed by atoms with E-state index in [1.807, 2.05) is 6.92 Å². The van der Waals surface area contributed by atoms with E-state index in [4.69, 9.17) is 14.6 Å². The highest BCUT2D eigenvalue weighted by atomic mass is 32.2. The molecule has 1 aliphatic rings. The third-order valence-electron chi connectivity index (χ3n) is 2.33. The molecular formula is C11H18N2O6S. The van der Waals surface area contributed by atoms with Crippen molar-refractivity contribution in [3.63, 3.8) is 0 Å². The van der Waals surface area contributed by atoms with Crippen molar-refractivity contribution in [3.05, 3.63) is 18.2 Å². The Morgan fingerprint density at radius 2 is 1.95 bits per heavy atom. The molecule has 20 heavy (non-hydrogen) atoms. The van der Waals surface area contributed by atoms with E-state index in [9.17, 15) is 8.42 Å². The smallest absolute Gasteiger partial charge is 0.241 e. The maximum absolute atomic E-state index is 11.0. The van der Waals surface area contributed by atoms with Gasteiger partial charge in [0.15, 0.2) is 11.5 Å². The van der Waals surface area contributed by atoms with Gasteiger partial charge in [-0.15, -0.1) is 0 Å². The van der Waals surface area contributed by atoms with Crippen LogP contribution in [0, 0.1) is 0 Å². The largest absolute Gasteiger partial charge is 0.454 e. The van der Waals surface area contributed by atoms with Crippen LogP contribution in [0.25, 0.3) is 0 Å². The summed E-state index contributed by atoms with van der Waals surface area (Å²) >= 11 is 0. The van der Waals surface area contributed by atoms with E-state index in [0.29, 0.717) is 5.75 Å². The lowest BCUT2D eigenvalue weighted by atomic mass is 10.3. The summed E-state index contributed by atoms with van der Waals surface area (Å²) in [4.78, 5) is 9.28. The summed E-state index contributed by atoms with van der Waals surface area (Å²) in [6.45, 7) is 2.71. The summed E-state index contributed by atoms with van der Waals surface area (Å²) in [5, 5.41) is 6.34. The number of rotatable bonds is 4. The van der Waals surface area contributed by atoms with Crippen LogP contribution in [0.2, 0.25) is 0 Å². The highest BCUT2D eigenvalue weighted by Gasteiger charge is 2.23. The predicted octanol–water partition coefficient (Wildman–Crippen LogP) is 0.494. The number of ether oxygens (including phenoxy) is 2. The van der Waals surface area contributed by atoms with E-state index in [2.05, 4.69) is 9.68 Å². The van der Waals surface area contributed by atoms with Crippen molar-refractivity contribution in [3.8, 4) is 11.5 Å². The van der Waals surface area contributed by atoms with Gasteiger partial charge in [-0.3, -0.25) is 9.68 Å². The Kier molecular flexibility index (Phi) is 6.17. The van der Waals surface area contributed by atoms with E-state index in [1.54, 1.807) is 26.4 Å². The quantitative estimate of drug-likeness (QED) is 0.808. The molecule has 0 saturated heterocycles. The topological polar surface area (TPSA) is 100 Å². The first-order valence-corrected chi connectivity index (χ1v) is 7.25. The average molecular weight is 306 g/mol. The lowest BCUT2D eigenvalue weighted by Crippen LogP contribution is -2.19. The first-order chi connectivity index (χ1) is 9.43. The van der Waals surface area contributed by atoms with Gasteiger partial charge in [0.05, 0.1) is 14.2 Å². The predicted molar refractivity (Wildman–Crippen MR) is 70.3 cm³/mol. The first-order valence-electron chi connectivity index (χ1n) is 5.71. The van der Waals surface area contributed by atoms with Crippen LogP contribution in [-0.2, 0) is 19.7 Å². The lowest BCUT2D eigenvalue weighted by Gasteiger charge is -2.11. The molecule has 0 radical (unpaired) electrons. The molecule has 2 rings (SSSR count). The summed E-state index contributed by atoms with van der Waals surface area (Å²) in [7, 11) is -0.608. The second kappa shape index (κ2) is 7.41. The van der Waals surface area contributed by atoms with E-state index < -0.39 is 10.0 Å². The summed E-state index contributed by atoms with van der Waals surface area (Å²) in [6, 6.07) is 4.55. The minimum atomic E-state index is -3.73. The minimum absolute atomic E-state index is 0.0296. The SMILES string of the molecule is CCN(OC)OC.NS(=O)(=O)c1cccc2c1OCO2. The Morgan fingerprint density at radius 1 is 1.30 bits per heavy atom. The maximum Gasteiger partial charge on any atom is 0.241 e. The zero-order valence-corrected chi connectivity index (χ0v) is 12.3. The van der Waals surface area contributed by atoms with Crippen molar-refractivity contribution in [2.24, 2.45) is 5.14 Å². The fraction of sp³-hybridized carbons (Fsp3) is 0.455. The van der Waals surface area contributed by atoms with E-state index >= 15 is 0 Å². The minimum Gasteiger partial charge on any atom is -0.454 e. The van der Waals surface area contributed by atoms with Crippen LogP contribution in [0.15, 0.2) is 23.1 Å². The molecular weight excluding hydrogens is 288 g/mol. The Morgan fingerprint density at radius 3 is 2.40 bits per heavy atom. The van der Waals surface area contributed by atoms with Crippen molar-refractivity contribution in [2.75, 3.05) is 27.6 Å². The van der Waals surface area contributed by atoms with Crippen molar-refractivity contribution >= 4 is 10.0 Å². The van der Waals surface area contributed by atoms with Gasteiger partial charge in [0.25, 0.3) is 0 Å². The molecule has 8 nitrogen and oxygen atoms in total. The normalized spacial score (nSPS) is 13.1. The van der Waals surface area contributed by atoms with E-state index in [-0.39, 0.29) is 17.4 Å². The molecule has 0 amide bonds. The van der Waals surface area contributed by atoms with Gasteiger partial charge in [-0.05, 0) is 19.1 Å². The standard InChI is InChI=1S/C7H7NO4S.C4H11NO2/c8-13(9,10)6-3-1-2-5-7(6)12-4-11-5;1-4-5(6-2)7-3/h1-3H,4H2,(H2,8,9,10);4H2,1-3H3. The average Bonchev–Trinajstić information content (AvgIpc) is 2.88. The van der Waals surface area contributed by atoms with Crippen molar-refractivity contribution < 1.29 is 27.6 Å². The fourth-order valence-corrected chi connectivity index (χ4v) is 2.15. The summed E-state index contributed by atoms with van der Waals surface area (Å²) < 4.78 is 32.0. The van der Waals surface area contributed by atoms with E-state index in [1.165, 1.54) is 11.3 Å². The molecule has 0 unspecified atom stereocenters. The number of hydroxylamine groups is 2. The number of nitrogens with zero attached hydrogens (tertiary/aromatic N) is 1. The number of para-hydroxylation sites is 1. The van der Waals surface area contributed by atoms with Crippen LogP contribution in [0.1, 0.15) is 6.92 Å². The van der Waals surface area contributed by atoms with Crippen molar-refractivity contribution in [2.45, 2.75) is 11.8 Å². The molecule has 0 bridgehead atoms. The third-order valence-corrected chi connectivity index (χ3v) is 3.27. The molecule has 114 valence electrons. The number of hydrogen-bond acceptors (Lipinski definition) is 7. The molecule has 9 heteroatoms. The van der Waals surface area contributed by atoms with Crippen LogP contribution in [0.3, 0.4) is 0 Å². The lowest BCUT2D eigenvalue weighted by molar-refractivity contribution is -0.339. The molecule has 0 atom stereocenters. The van der Waals surface area contributed by atoms with Crippen LogP contribution >= 0.6 is 0 Å². The molecule has 0 fully saturated rings. The van der Waals surface area contributed by atoms with Gasteiger partial charge in [-0.2, -0.15) is 0 Å². The number of sulfonamides is 1. The molecule has 1 aromatic carbocycles. The van der Waals surface area contributed by atoms with Gasteiger partial charge >= 0.3 is 0 Å². The molecule has 2 N–H and O–H groups in total. The number of hydrogen-bond donors (Lipinski definition) is 1. The molecule has 1 aliphatic heterocycles. The molecule has 1 heterocycles. The second-order valence-electron chi connectivity index (χ2n) is 3.55. The number of primary sulfonamides is 1. The molecule has 0 spiro atoms. The highest BCUT2D eigenvalue weighted by molar-refractivity contribution is 7.89. The zero-order valence-electron chi connectivity index (χ0n) is 11.5. The second-order valence-corrected chi connectivity index (χ2v) is 5.08. The van der Waals surface area contributed by atoms with Crippen molar-refractivity contribution in [1.82, 2.24) is 5.23 Å². The third kappa shape index (κ3) is 4.32. The van der Waals surface area contributed by atoms with Crippen LogP contribution in [0.5, 0.6) is 11.5 Å². The molecule has 0 saturated carbocycles. The number of benzene rings is 1. The van der Waals surface area contributed by atoms with Crippen LogP contribution in [0.4, 0.5) is 0 Å². The molecule has 1 aromatic rings. The Labute approximate surface area is 117 Å². The van der Waals surface area contributed by atoms with Crippen molar-refractivity contribution in [1.29, 1.82) is 0 Å². The monoisotopic (exact) mass is 306 g/mol. The van der Waals surface area contributed by atoms with Gasteiger partial charge in [0.2, 0.25) is 16.8 Å². The summed E-state index contributed by atoms with van der Waals surface area (Å²) in [6.07, 6.45) is 0. The first kappa shape index (κ1) is 16.7. The van der Waals surface area contributed by atoms with Gasteiger partial charge in [0, 0.05) is 6.54 Å². The fourth-order valence-electron chi connectivity index (χ4n) is 1.46. The number of nitrogens with two attached hydrogens (primary N) is 1. The van der Waals surface area contributed by atoms with Crippen LogP contribution < -0.4 is 14.6 Å². The Hall–Kier alpha value is -1.39. The highest BCUT2D eigenvalue weighted by Crippen LogP contribution is 2.37.